The van der Waals surface area contributed by atoms with E-state index in [1.165, 1.54) is 18.3 Å². The summed E-state index contributed by atoms with van der Waals surface area (Å²) in [5, 5.41) is 3.77. The Kier molecular flexibility index (Phi) is 8.44. The molecule has 1 aliphatic rings. The quantitative estimate of drug-likeness (QED) is 0.359. The van der Waals surface area contributed by atoms with Gasteiger partial charge in [-0.2, -0.15) is 4.31 Å². The van der Waals surface area contributed by atoms with E-state index < -0.39 is 16.0 Å². The molecule has 0 aromatic carbocycles. The normalized spacial score (nSPS) is 15.4. The van der Waals surface area contributed by atoms with Crippen molar-refractivity contribution in [3.63, 3.8) is 0 Å². The molecule has 1 N–H and O–H groups in total. The van der Waals surface area contributed by atoms with Crippen LogP contribution in [-0.2, 0) is 19.5 Å². The van der Waals surface area contributed by atoms with E-state index in [2.05, 4.69) is 5.32 Å². The summed E-state index contributed by atoms with van der Waals surface area (Å²) in [5.41, 5.74) is -0.0427. The number of sulfonamides is 1. The van der Waals surface area contributed by atoms with Crippen LogP contribution in [0.2, 0.25) is 0 Å². The highest BCUT2D eigenvalue weighted by Gasteiger charge is 2.37. The largest absolute Gasteiger partial charge is 0.465 e. The number of esters is 1. The Morgan fingerprint density at radius 1 is 1.21 bits per heavy atom. The Morgan fingerprint density at radius 3 is 2.45 bits per heavy atom. The predicted octanol–water partition coefficient (Wildman–Crippen LogP) is 1.29. The smallest absolute Gasteiger partial charge is 0.342 e. The van der Waals surface area contributed by atoms with Gasteiger partial charge in [-0.15, -0.1) is 0 Å². The molecule has 0 amide bonds. The minimum absolute atomic E-state index is 0.0427. The molecule has 0 aliphatic carbocycles. The van der Waals surface area contributed by atoms with Gasteiger partial charge in [-0.25, -0.2) is 13.2 Å². The number of thiocarbonyl (C=S) groups is 1. The molecule has 1 saturated heterocycles. The van der Waals surface area contributed by atoms with Crippen LogP contribution in [0.25, 0.3) is 0 Å². The number of hydrogen-bond donors (Lipinski definition) is 1. The molecule has 0 spiro atoms. The molecule has 164 valence electrons. The van der Waals surface area contributed by atoms with Crippen LogP contribution in [0.5, 0.6) is 0 Å². The average Bonchev–Trinajstić information content (AvgIpc) is 3.01. The lowest BCUT2D eigenvalue weighted by molar-refractivity contribution is 0.0594. The molecule has 2 heterocycles. The first kappa shape index (κ1) is 23.6. The highest BCUT2D eigenvalue weighted by atomic mass is 32.2. The third-order valence-electron chi connectivity index (χ3n) is 4.66. The summed E-state index contributed by atoms with van der Waals surface area (Å²) >= 11 is 5.40. The second-order valence-electron chi connectivity index (χ2n) is 6.58. The summed E-state index contributed by atoms with van der Waals surface area (Å²) in [6.45, 7) is 8.52. The Labute approximate surface area is 177 Å². The Bertz CT molecular complexity index is 829. The van der Waals surface area contributed by atoms with Gasteiger partial charge in [0.2, 0.25) is 10.0 Å². The lowest BCUT2D eigenvalue weighted by Crippen LogP contribution is -2.53. The van der Waals surface area contributed by atoms with E-state index in [1.807, 2.05) is 11.8 Å². The van der Waals surface area contributed by atoms with Crippen LogP contribution in [0, 0.1) is 13.8 Å². The molecule has 0 saturated carbocycles. The summed E-state index contributed by atoms with van der Waals surface area (Å²) in [6, 6.07) is 0. The molecule has 1 aromatic heterocycles. The molecule has 1 aromatic rings. The van der Waals surface area contributed by atoms with Crippen molar-refractivity contribution in [2.75, 3.05) is 53.0 Å². The van der Waals surface area contributed by atoms with Crippen molar-refractivity contribution in [3.8, 4) is 0 Å². The van der Waals surface area contributed by atoms with Gasteiger partial charge in [-0.1, -0.05) is 0 Å². The summed E-state index contributed by atoms with van der Waals surface area (Å²) in [5.74, 6) is -0.324. The van der Waals surface area contributed by atoms with Crippen LogP contribution in [0.3, 0.4) is 0 Å². The molecular formula is C18H29N3O6S2. The number of rotatable bonds is 8. The first-order valence-corrected chi connectivity index (χ1v) is 11.4. The highest BCUT2D eigenvalue weighted by molar-refractivity contribution is 7.89. The third kappa shape index (κ3) is 5.47. The van der Waals surface area contributed by atoms with Gasteiger partial charge in [-0.05, 0) is 39.4 Å². The van der Waals surface area contributed by atoms with Gasteiger partial charge in [0.05, 0.1) is 7.11 Å². The number of ether oxygens (including phenoxy) is 2. The maximum absolute atomic E-state index is 13.2. The van der Waals surface area contributed by atoms with Gasteiger partial charge < -0.3 is 24.1 Å². The zero-order valence-electron chi connectivity index (χ0n) is 17.3. The average molecular weight is 448 g/mol. The lowest BCUT2D eigenvalue weighted by Gasteiger charge is -2.35. The summed E-state index contributed by atoms with van der Waals surface area (Å²) in [6.07, 6.45) is 0.845. The molecule has 0 atom stereocenters. The van der Waals surface area contributed by atoms with Gasteiger partial charge in [0, 0.05) is 45.9 Å². The number of carbonyl (C=O) groups excluding carboxylic acids is 1. The zero-order valence-corrected chi connectivity index (χ0v) is 19.0. The van der Waals surface area contributed by atoms with E-state index in [1.54, 1.807) is 6.92 Å². The van der Waals surface area contributed by atoms with Crippen molar-refractivity contribution in [2.24, 2.45) is 0 Å². The molecule has 9 nitrogen and oxygen atoms in total. The summed E-state index contributed by atoms with van der Waals surface area (Å²) in [7, 11) is -2.69. The monoisotopic (exact) mass is 447 g/mol. The van der Waals surface area contributed by atoms with Crippen molar-refractivity contribution < 1.29 is 27.1 Å². The fourth-order valence-electron chi connectivity index (χ4n) is 3.20. The van der Waals surface area contributed by atoms with Crippen LogP contribution in [0.15, 0.2) is 9.31 Å². The Hall–Kier alpha value is -1.69. The van der Waals surface area contributed by atoms with Gasteiger partial charge in [-0.3, -0.25) is 0 Å². The zero-order chi connectivity index (χ0) is 21.6. The SMILES string of the molecule is CCOCCCNC(=S)N1CCN(S(=O)(=O)c2c(C)oc(C)c2C(=O)OC)CC1. The van der Waals surface area contributed by atoms with E-state index in [9.17, 15) is 13.2 Å². The summed E-state index contributed by atoms with van der Waals surface area (Å²) < 4.78 is 43.2. The fourth-order valence-corrected chi connectivity index (χ4v) is 5.28. The van der Waals surface area contributed by atoms with Crippen molar-refractivity contribution in [1.82, 2.24) is 14.5 Å². The highest BCUT2D eigenvalue weighted by Crippen LogP contribution is 2.30. The molecule has 0 unspecified atom stereocenters. The lowest BCUT2D eigenvalue weighted by atomic mass is 10.2. The number of nitrogens with zero attached hydrogens (tertiary/aromatic N) is 2. The number of aryl methyl sites for hydroxylation is 2. The third-order valence-corrected chi connectivity index (χ3v) is 7.12. The van der Waals surface area contributed by atoms with E-state index in [4.69, 9.17) is 26.1 Å². The van der Waals surface area contributed by atoms with Crippen molar-refractivity contribution in [2.45, 2.75) is 32.1 Å². The van der Waals surface area contributed by atoms with Crippen molar-refractivity contribution in [1.29, 1.82) is 0 Å². The first-order valence-electron chi connectivity index (χ1n) is 9.53. The summed E-state index contributed by atoms with van der Waals surface area (Å²) in [4.78, 5) is 13.9. The second-order valence-corrected chi connectivity index (χ2v) is 8.85. The first-order chi connectivity index (χ1) is 13.7. The number of furan rings is 1. The van der Waals surface area contributed by atoms with Crippen LogP contribution in [0.4, 0.5) is 0 Å². The van der Waals surface area contributed by atoms with Gasteiger partial charge in [0.1, 0.15) is 22.0 Å². The van der Waals surface area contributed by atoms with Gasteiger partial charge >= 0.3 is 5.97 Å². The topological polar surface area (TPSA) is 101 Å². The van der Waals surface area contributed by atoms with Crippen LogP contribution >= 0.6 is 12.2 Å². The maximum atomic E-state index is 13.2. The minimum Gasteiger partial charge on any atom is -0.465 e. The van der Waals surface area contributed by atoms with Crippen molar-refractivity contribution >= 4 is 33.3 Å². The number of piperazine rings is 1. The number of nitrogens with one attached hydrogen (secondary N) is 1. The van der Waals surface area contributed by atoms with Crippen LogP contribution in [-0.4, -0.2) is 81.8 Å². The predicted molar refractivity (Wildman–Crippen MR) is 112 cm³/mol. The van der Waals surface area contributed by atoms with Gasteiger partial charge in [0.15, 0.2) is 5.11 Å². The molecule has 1 aliphatic heterocycles. The molecule has 0 radical (unpaired) electrons. The number of methoxy groups -OCH3 is 1. The Morgan fingerprint density at radius 2 is 1.86 bits per heavy atom. The van der Waals surface area contributed by atoms with E-state index in [0.29, 0.717) is 38.0 Å². The molecule has 29 heavy (non-hydrogen) atoms. The standard InChI is InChI=1S/C18H29N3O6S2/c1-5-26-12-6-7-19-18(28)20-8-10-21(11-9-20)29(23,24)16-14(3)27-13(2)15(16)17(22)25-4/h5-12H2,1-4H3,(H,19,28). The second kappa shape index (κ2) is 10.4. The molecule has 2 rings (SSSR count). The fraction of sp³-hybridized carbons (Fsp3) is 0.667. The van der Waals surface area contributed by atoms with Crippen LogP contribution < -0.4 is 5.32 Å². The van der Waals surface area contributed by atoms with Crippen LogP contribution in [0.1, 0.15) is 35.2 Å². The molecule has 11 heteroatoms. The number of carbonyl (C=O) groups is 1. The molecule has 0 bridgehead atoms. The van der Waals surface area contributed by atoms with Gasteiger partial charge in [0.25, 0.3) is 0 Å². The Balaban J connectivity index is 2.02. The number of hydrogen-bond acceptors (Lipinski definition) is 7. The van der Waals surface area contributed by atoms with E-state index in [0.717, 1.165) is 6.42 Å². The van der Waals surface area contributed by atoms with Crippen molar-refractivity contribution in [3.05, 3.63) is 17.1 Å². The molecular weight excluding hydrogens is 418 g/mol. The minimum atomic E-state index is -3.90. The maximum Gasteiger partial charge on any atom is 0.342 e. The molecule has 1 fully saturated rings. The van der Waals surface area contributed by atoms with E-state index >= 15 is 0 Å². The van der Waals surface area contributed by atoms with E-state index in [-0.39, 0.29) is 35.1 Å².